The number of para-hydroxylation sites is 1. The summed E-state index contributed by atoms with van der Waals surface area (Å²) in [5, 5.41) is 3.70. The van der Waals surface area contributed by atoms with E-state index in [4.69, 9.17) is 9.15 Å². The van der Waals surface area contributed by atoms with E-state index in [-0.39, 0.29) is 22.5 Å². The molecule has 4 rings (SSSR count). The van der Waals surface area contributed by atoms with Crippen molar-refractivity contribution in [2.24, 2.45) is 5.92 Å². The number of carbonyl (C=O) groups excluding carboxylic acids is 1. The van der Waals surface area contributed by atoms with E-state index in [1.54, 1.807) is 37.6 Å². The minimum atomic E-state index is -3.52. The number of amides is 1. The number of hydrogen-bond acceptors (Lipinski definition) is 6. The van der Waals surface area contributed by atoms with Crippen molar-refractivity contribution in [3.05, 3.63) is 54.6 Å². The van der Waals surface area contributed by atoms with Gasteiger partial charge in [0.05, 0.1) is 7.11 Å². The molecule has 1 amide bonds. The highest BCUT2D eigenvalue weighted by Gasteiger charge is 2.29. The fourth-order valence-corrected chi connectivity index (χ4v) is 5.07. The molecule has 1 aliphatic heterocycles. The number of pyridine rings is 1. The maximum Gasteiger partial charge on any atom is 0.287 e. The molecule has 30 heavy (non-hydrogen) atoms. The molecule has 1 aliphatic rings. The molecule has 1 N–H and O–H groups in total. The minimum absolute atomic E-state index is 0.202. The Hall–Kier alpha value is -2.91. The lowest BCUT2D eigenvalue weighted by atomic mass is 9.98. The Morgan fingerprint density at radius 2 is 2.07 bits per heavy atom. The van der Waals surface area contributed by atoms with Crippen LogP contribution >= 0.6 is 0 Å². The molecule has 9 heteroatoms. The molecule has 8 nitrogen and oxygen atoms in total. The summed E-state index contributed by atoms with van der Waals surface area (Å²) < 4.78 is 37.8. The first-order chi connectivity index (χ1) is 14.5. The van der Waals surface area contributed by atoms with Crippen LogP contribution in [0.5, 0.6) is 5.75 Å². The number of aromatic nitrogens is 1. The van der Waals surface area contributed by atoms with Gasteiger partial charge < -0.3 is 14.5 Å². The highest BCUT2D eigenvalue weighted by molar-refractivity contribution is 7.89. The molecule has 1 saturated heterocycles. The highest BCUT2D eigenvalue weighted by atomic mass is 32.2. The average molecular weight is 429 g/mol. The van der Waals surface area contributed by atoms with E-state index in [1.165, 1.54) is 10.5 Å². The van der Waals surface area contributed by atoms with Gasteiger partial charge in [0.1, 0.15) is 4.90 Å². The van der Waals surface area contributed by atoms with Gasteiger partial charge in [0.15, 0.2) is 17.1 Å². The zero-order valence-corrected chi connectivity index (χ0v) is 17.4. The van der Waals surface area contributed by atoms with Crippen LogP contribution in [0.3, 0.4) is 0 Å². The van der Waals surface area contributed by atoms with Gasteiger partial charge in [-0.15, -0.1) is 0 Å². The number of methoxy groups -OCH3 is 1. The lowest BCUT2D eigenvalue weighted by Crippen LogP contribution is -2.41. The summed E-state index contributed by atoms with van der Waals surface area (Å²) in [5.41, 5.74) is 0.541. The van der Waals surface area contributed by atoms with Gasteiger partial charge in [0, 0.05) is 37.4 Å². The summed E-state index contributed by atoms with van der Waals surface area (Å²) in [6.07, 6.45) is 4.26. The largest absolute Gasteiger partial charge is 0.493 e. The second kappa shape index (κ2) is 8.45. The number of rotatable bonds is 6. The normalized spacial score (nSPS) is 15.9. The van der Waals surface area contributed by atoms with Crippen LogP contribution in [0, 0.1) is 5.92 Å². The first-order valence-electron chi connectivity index (χ1n) is 9.74. The zero-order valence-electron chi connectivity index (χ0n) is 16.6. The first-order valence-corrected chi connectivity index (χ1v) is 11.2. The molecule has 2 aromatic heterocycles. The molecule has 0 atom stereocenters. The molecular weight excluding hydrogens is 406 g/mol. The Balaban J connectivity index is 1.33. The van der Waals surface area contributed by atoms with Gasteiger partial charge in [-0.05, 0) is 43.0 Å². The van der Waals surface area contributed by atoms with Crippen molar-refractivity contribution in [2.45, 2.75) is 17.7 Å². The lowest BCUT2D eigenvalue weighted by Gasteiger charge is -2.31. The maximum absolute atomic E-state index is 12.7. The third-order valence-corrected chi connectivity index (χ3v) is 7.23. The molecule has 0 bridgehead atoms. The minimum Gasteiger partial charge on any atom is -0.493 e. The van der Waals surface area contributed by atoms with Crippen molar-refractivity contribution in [2.75, 3.05) is 26.7 Å². The number of sulfonamides is 1. The van der Waals surface area contributed by atoms with Crippen LogP contribution in [-0.2, 0) is 10.0 Å². The van der Waals surface area contributed by atoms with Crippen LogP contribution in [0.2, 0.25) is 0 Å². The second-order valence-electron chi connectivity index (χ2n) is 7.24. The predicted molar refractivity (Wildman–Crippen MR) is 111 cm³/mol. The van der Waals surface area contributed by atoms with Crippen molar-refractivity contribution in [3.63, 3.8) is 0 Å². The van der Waals surface area contributed by atoms with Crippen LogP contribution in [0.15, 0.2) is 58.1 Å². The summed E-state index contributed by atoms with van der Waals surface area (Å²) in [4.78, 5) is 16.6. The van der Waals surface area contributed by atoms with Gasteiger partial charge in [0.25, 0.3) is 5.91 Å². The van der Waals surface area contributed by atoms with E-state index in [0.717, 1.165) is 5.39 Å². The number of furan rings is 1. The van der Waals surface area contributed by atoms with Crippen molar-refractivity contribution in [3.8, 4) is 5.75 Å². The Kier molecular flexibility index (Phi) is 5.74. The maximum atomic E-state index is 12.7. The number of nitrogens with one attached hydrogen (secondary N) is 1. The van der Waals surface area contributed by atoms with Gasteiger partial charge in [-0.25, -0.2) is 8.42 Å². The van der Waals surface area contributed by atoms with Crippen molar-refractivity contribution in [1.29, 1.82) is 0 Å². The molecule has 1 fully saturated rings. The quantitative estimate of drug-likeness (QED) is 0.646. The molecule has 3 heterocycles. The Labute approximate surface area is 174 Å². The van der Waals surface area contributed by atoms with E-state index in [9.17, 15) is 13.2 Å². The summed E-state index contributed by atoms with van der Waals surface area (Å²) in [7, 11) is -1.97. The fraction of sp³-hybridized carbons (Fsp3) is 0.333. The van der Waals surface area contributed by atoms with Gasteiger partial charge in [-0.1, -0.05) is 12.1 Å². The number of benzene rings is 1. The van der Waals surface area contributed by atoms with Crippen LogP contribution in [0.4, 0.5) is 0 Å². The smallest absolute Gasteiger partial charge is 0.287 e. The summed E-state index contributed by atoms with van der Waals surface area (Å²) >= 11 is 0. The van der Waals surface area contributed by atoms with Crippen LogP contribution < -0.4 is 10.1 Å². The molecular formula is C21H23N3O5S. The number of piperidine rings is 1. The van der Waals surface area contributed by atoms with E-state index < -0.39 is 10.0 Å². The number of carbonyl (C=O) groups is 1. The third-order valence-electron chi connectivity index (χ3n) is 5.35. The lowest BCUT2D eigenvalue weighted by molar-refractivity contribution is 0.0916. The molecule has 0 aliphatic carbocycles. The third kappa shape index (κ3) is 4.03. The Morgan fingerprint density at radius 3 is 2.77 bits per heavy atom. The number of hydrogen-bond donors (Lipinski definition) is 1. The number of ether oxygens (including phenoxy) is 1. The topological polar surface area (TPSA) is 102 Å². The monoisotopic (exact) mass is 429 g/mol. The van der Waals surface area contributed by atoms with Crippen LogP contribution in [0.25, 0.3) is 11.0 Å². The van der Waals surface area contributed by atoms with E-state index in [2.05, 4.69) is 10.3 Å². The average Bonchev–Trinajstić information content (AvgIpc) is 3.23. The molecule has 0 saturated carbocycles. The highest BCUT2D eigenvalue weighted by Crippen LogP contribution is 2.28. The van der Waals surface area contributed by atoms with Crippen molar-refractivity contribution >= 4 is 26.9 Å². The number of nitrogens with zero attached hydrogens (tertiary/aromatic N) is 2. The predicted octanol–water partition coefficient (Wildman–Crippen LogP) is 2.67. The van der Waals surface area contributed by atoms with Gasteiger partial charge in [0.2, 0.25) is 10.0 Å². The molecule has 1 aromatic carbocycles. The van der Waals surface area contributed by atoms with E-state index in [0.29, 0.717) is 43.8 Å². The summed E-state index contributed by atoms with van der Waals surface area (Å²) in [6.45, 7) is 1.30. The van der Waals surface area contributed by atoms with Crippen LogP contribution in [0.1, 0.15) is 23.4 Å². The fourth-order valence-electron chi connectivity index (χ4n) is 3.64. The first kappa shape index (κ1) is 20.4. The van der Waals surface area contributed by atoms with Crippen molar-refractivity contribution in [1.82, 2.24) is 14.6 Å². The van der Waals surface area contributed by atoms with E-state index in [1.807, 2.05) is 12.1 Å². The zero-order chi connectivity index (χ0) is 21.1. The standard InChI is InChI=1S/C21H23N3O5S/c1-28-18-6-2-4-16-12-19(29-20(16)18)21(25)23-13-15-7-10-24(11-8-15)30(26,27)17-5-3-9-22-14-17/h2-6,9,12,14-15H,7-8,10-11,13H2,1H3,(H,23,25). The SMILES string of the molecule is COc1cccc2cc(C(=O)NCC3CCN(S(=O)(=O)c4cccnc4)CC3)oc12. The second-order valence-corrected chi connectivity index (χ2v) is 9.17. The van der Waals surface area contributed by atoms with E-state index >= 15 is 0 Å². The molecule has 158 valence electrons. The number of fused-ring (bicyclic) bond motifs is 1. The van der Waals surface area contributed by atoms with Crippen molar-refractivity contribution < 1.29 is 22.4 Å². The van der Waals surface area contributed by atoms with Gasteiger partial charge >= 0.3 is 0 Å². The molecule has 0 radical (unpaired) electrons. The van der Waals surface area contributed by atoms with Gasteiger partial charge in [-0.3, -0.25) is 9.78 Å². The molecule has 0 spiro atoms. The van der Waals surface area contributed by atoms with Crippen LogP contribution in [-0.4, -0.2) is 50.4 Å². The summed E-state index contributed by atoms with van der Waals surface area (Å²) in [6, 6.07) is 10.3. The summed E-state index contributed by atoms with van der Waals surface area (Å²) in [5.74, 6) is 0.715. The molecule has 3 aromatic rings. The molecule has 0 unspecified atom stereocenters. The van der Waals surface area contributed by atoms with Gasteiger partial charge in [-0.2, -0.15) is 4.31 Å². The Bertz CT molecular complexity index is 1140. The Morgan fingerprint density at radius 1 is 1.27 bits per heavy atom.